The van der Waals surface area contributed by atoms with Crippen LogP contribution in [-0.4, -0.2) is 37.0 Å². The number of nitrogens with one attached hydrogen (secondary N) is 1. The Morgan fingerprint density at radius 1 is 1.15 bits per heavy atom. The van der Waals surface area contributed by atoms with Gasteiger partial charge in [-0.15, -0.1) is 0 Å². The number of carbonyl (C=O) groups is 1. The molecule has 0 aromatic carbocycles. The summed E-state index contributed by atoms with van der Waals surface area (Å²) in [5.74, 6) is 1.68. The fourth-order valence-electron chi connectivity index (χ4n) is 3.20. The summed E-state index contributed by atoms with van der Waals surface area (Å²) in [6.07, 6.45) is 4.42. The fourth-order valence-corrected chi connectivity index (χ4v) is 3.20. The lowest BCUT2D eigenvalue weighted by atomic mass is 9.90. The van der Waals surface area contributed by atoms with Gasteiger partial charge in [-0.1, -0.05) is 0 Å². The van der Waals surface area contributed by atoms with Crippen LogP contribution in [0.2, 0.25) is 0 Å². The van der Waals surface area contributed by atoms with Gasteiger partial charge < -0.3 is 14.6 Å². The van der Waals surface area contributed by atoms with Crippen LogP contribution in [0.15, 0.2) is 4.42 Å². The molecule has 1 aromatic heterocycles. The van der Waals surface area contributed by atoms with Crippen LogP contribution >= 0.6 is 0 Å². The molecule has 0 aliphatic heterocycles. The Hall–Kier alpha value is -1.29. The molecule has 1 saturated carbocycles. The summed E-state index contributed by atoms with van der Waals surface area (Å²) >= 11 is 0. The molecule has 20 heavy (non-hydrogen) atoms. The molecule has 0 bridgehead atoms. The number of amides is 1. The highest BCUT2D eigenvalue weighted by Gasteiger charge is 2.29. The highest BCUT2D eigenvalue weighted by Crippen LogP contribution is 2.27. The first-order valence-corrected chi connectivity index (χ1v) is 7.46. The Balaban J connectivity index is 2.09. The summed E-state index contributed by atoms with van der Waals surface area (Å²) in [6, 6.07) is 0.954. The summed E-state index contributed by atoms with van der Waals surface area (Å²) in [4.78, 5) is 14.6. The zero-order chi connectivity index (χ0) is 14.9. The minimum Gasteiger partial charge on any atom is -0.466 e. The van der Waals surface area contributed by atoms with Gasteiger partial charge in [-0.25, -0.2) is 0 Å². The predicted octanol–water partition coefficient (Wildman–Crippen LogP) is 2.81. The smallest absolute Gasteiger partial charge is 0.257 e. The molecular formula is C16H26N2O2. The third-order valence-electron chi connectivity index (χ3n) is 4.75. The van der Waals surface area contributed by atoms with Crippen LogP contribution in [0.4, 0.5) is 0 Å². The maximum absolute atomic E-state index is 12.7. The molecule has 4 heteroatoms. The van der Waals surface area contributed by atoms with Gasteiger partial charge in [0.05, 0.1) is 5.56 Å². The topological polar surface area (TPSA) is 45.5 Å². The van der Waals surface area contributed by atoms with Crippen molar-refractivity contribution in [1.82, 2.24) is 10.2 Å². The van der Waals surface area contributed by atoms with Gasteiger partial charge in [0.1, 0.15) is 11.5 Å². The Labute approximate surface area is 121 Å². The quantitative estimate of drug-likeness (QED) is 0.924. The minimum atomic E-state index is 0.102. The average Bonchev–Trinajstić information content (AvgIpc) is 2.71. The number of nitrogens with zero attached hydrogens (tertiary/aromatic N) is 1. The molecule has 4 nitrogen and oxygen atoms in total. The van der Waals surface area contributed by atoms with E-state index in [1.807, 2.05) is 39.8 Å². The van der Waals surface area contributed by atoms with Gasteiger partial charge in [0.15, 0.2) is 0 Å². The van der Waals surface area contributed by atoms with E-state index in [1.165, 1.54) is 0 Å². The molecule has 0 spiro atoms. The van der Waals surface area contributed by atoms with Crippen molar-refractivity contribution in [2.45, 2.75) is 58.5 Å². The monoisotopic (exact) mass is 278 g/mol. The van der Waals surface area contributed by atoms with Gasteiger partial charge in [-0.3, -0.25) is 4.79 Å². The van der Waals surface area contributed by atoms with Crippen molar-refractivity contribution in [3.05, 3.63) is 22.6 Å². The molecule has 0 radical (unpaired) electrons. The standard InChI is InChI=1S/C16H26N2O2/c1-10-11(2)20-12(3)15(10)16(19)18(5)14-8-6-13(17-4)7-9-14/h13-14,17H,6-9H2,1-5H3. The summed E-state index contributed by atoms with van der Waals surface area (Å²) in [5.41, 5.74) is 1.73. The highest BCUT2D eigenvalue weighted by molar-refractivity contribution is 5.96. The van der Waals surface area contributed by atoms with E-state index >= 15 is 0 Å². The van der Waals surface area contributed by atoms with E-state index in [2.05, 4.69) is 5.32 Å². The van der Waals surface area contributed by atoms with Crippen LogP contribution in [0.1, 0.15) is 53.1 Å². The van der Waals surface area contributed by atoms with E-state index in [0.29, 0.717) is 12.1 Å². The van der Waals surface area contributed by atoms with Crippen molar-refractivity contribution in [3.8, 4) is 0 Å². The van der Waals surface area contributed by atoms with Gasteiger partial charge in [-0.2, -0.15) is 0 Å². The lowest BCUT2D eigenvalue weighted by molar-refractivity contribution is 0.0683. The van der Waals surface area contributed by atoms with Crippen molar-refractivity contribution in [2.75, 3.05) is 14.1 Å². The van der Waals surface area contributed by atoms with E-state index in [4.69, 9.17) is 4.42 Å². The maximum Gasteiger partial charge on any atom is 0.257 e. The second-order valence-electron chi connectivity index (χ2n) is 5.92. The van der Waals surface area contributed by atoms with E-state index in [0.717, 1.165) is 48.3 Å². The molecule has 112 valence electrons. The lowest BCUT2D eigenvalue weighted by Crippen LogP contribution is -2.42. The average molecular weight is 278 g/mol. The Morgan fingerprint density at radius 3 is 2.20 bits per heavy atom. The first kappa shape index (κ1) is 15.1. The van der Waals surface area contributed by atoms with E-state index < -0.39 is 0 Å². The first-order valence-electron chi connectivity index (χ1n) is 7.46. The van der Waals surface area contributed by atoms with Crippen molar-refractivity contribution in [1.29, 1.82) is 0 Å². The third-order valence-corrected chi connectivity index (χ3v) is 4.75. The van der Waals surface area contributed by atoms with E-state index in [-0.39, 0.29) is 5.91 Å². The number of hydrogen-bond acceptors (Lipinski definition) is 3. The fraction of sp³-hybridized carbons (Fsp3) is 0.688. The molecule has 0 atom stereocenters. The minimum absolute atomic E-state index is 0.102. The summed E-state index contributed by atoms with van der Waals surface area (Å²) in [5, 5.41) is 3.33. The van der Waals surface area contributed by atoms with Crippen LogP contribution in [0.25, 0.3) is 0 Å². The number of carbonyl (C=O) groups excluding carboxylic acids is 1. The highest BCUT2D eigenvalue weighted by atomic mass is 16.3. The zero-order valence-electron chi connectivity index (χ0n) is 13.2. The molecule has 1 N–H and O–H groups in total. The number of hydrogen-bond donors (Lipinski definition) is 1. The van der Waals surface area contributed by atoms with Crippen molar-refractivity contribution >= 4 is 5.91 Å². The van der Waals surface area contributed by atoms with Gasteiger partial charge in [0.2, 0.25) is 0 Å². The number of furan rings is 1. The summed E-state index contributed by atoms with van der Waals surface area (Å²) < 4.78 is 5.58. The maximum atomic E-state index is 12.7. The third kappa shape index (κ3) is 2.75. The molecule has 2 rings (SSSR count). The second-order valence-corrected chi connectivity index (χ2v) is 5.92. The Kier molecular flexibility index (Phi) is 4.53. The van der Waals surface area contributed by atoms with Crippen molar-refractivity contribution in [2.24, 2.45) is 0 Å². The van der Waals surface area contributed by atoms with Crippen LogP contribution in [0.3, 0.4) is 0 Å². The van der Waals surface area contributed by atoms with Gasteiger partial charge in [0.25, 0.3) is 5.91 Å². The number of aryl methyl sites for hydroxylation is 2. The molecule has 1 fully saturated rings. The van der Waals surface area contributed by atoms with E-state index in [1.54, 1.807) is 0 Å². The van der Waals surface area contributed by atoms with E-state index in [9.17, 15) is 4.79 Å². The normalized spacial score (nSPS) is 22.9. The molecule has 1 heterocycles. The van der Waals surface area contributed by atoms with Gasteiger partial charge in [-0.05, 0) is 53.5 Å². The zero-order valence-corrected chi connectivity index (χ0v) is 13.2. The molecule has 1 aliphatic carbocycles. The van der Waals surface area contributed by atoms with Crippen molar-refractivity contribution in [3.63, 3.8) is 0 Å². The Morgan fingerprint density at radius 2 is 1.75 bits per heavy atom. The van der Waals surface area contributed by atoms with Crippen LogP contribution in [0.5, 0.6) is 0 Å². The summed E-state index contributed by atoms with van der Waals surface area (Å²) in [7, 11) is 3.94. The SMILES string of the molecule is CNC1CCC(N(C)C(=O)c2c(C)oc(C)c2C)CC1. The molecular weight excluding hydrogens is 252 g/mol. The molecule has 0 unspecified atom stereocenters. The second kappa shape index (κ2) is 6.00. The Bertz CT molecular complexity index is 485. The van der Waals surface area contributed by atoms with Crippen LogP contribution in [-0.2, 0) is 0 Å². The first-order chi connectivity index (χ1) is 9.45. The lowest BCUT2D eigenvalue weighted by Gasteiger charge is -2.34. The van der Waals surface area contributed by atoms with Crippen molar-refractivity contribution < 1.29 is 9.21 Å². The van der Waals surface area contributed by atoms with Gasteiger partial charge >= 0.3 is 0 Å². The molecule has 1 aliphatic rings. The molecule has 1 aromatic rings. The van der Waals surface area contributed by atoms with Crippen LogP contribution < -0.4 is 5.32 Å². The summed E-state index contributed by atoms with van der Waals surface area (Å²) in [6.45, 7) is 5.75. The molecule has 0 saturated heterocycles. The molecule has 1 amide bonds. The largest absolute Gasteiger partial charge is 0.466 e. The number of rotatable bonds is 3. The van der Waals surface area contributed by atoms with Gasteiger partial charge in [0, 0.05) is 24.7 Å². The predicted molar refractivity (Wildman–Crippen MR) is 80.1 cm³/mol. The van der Waals surface area contributed by atoms with Crippen LogP contribution in [0, 0.1) is 20.8 Å².